The summed E-state index contributed by atoms with van der Waals surface area (Å²) in [6.07, 6.45) is -0.359. The van der Waals surface area contributed by atoms with Gasteiger partial charge in [-0.3, -0.25) is 4.90 Å². The smallest absolute Gasteiger partial charge is 0.408 e. The molecule has 0 bridgehead atoms. The third-order valence-corrected chi connectivity index (χ3v) is 4.21. The Kier molecular flexibility index (Phi) is 6.24. The molecule has 1 heterocycles. The van der Waals surface area contributed by atoms with E-state index in [-0.39, 0.29) is 12.1 Å². The Morgan fingerprint density at radius 3 is 2.29 bits per heavy atom. The number of piperazine rings is 1. The van der Waals surface area contributed by atoms with Gasteiger partial charge in [0.2, 0.25) is 0 Å². The first-order valence-corrected chi connectivity index (χ1v) is 8.70. The van der Waals surface area contributed by atoms with E-state index in [0.29, 0.717) is 0 Å². The normalized spacial score (nSPS) is 18.2. The van der Waals surface area contributed by atoms with Crippen molar-refractivity contribution in [3.63, 3.8) is 0 Å². The number of alkyl carbamates (subject to hydrolysis) is 1. The molecule has 134 valence electrons. The topological polar surface area (TPSA) is 44.8 Å². The summed E-state index contributed by atoms with van der Waals surface area (Å²) in [4.78, 5) is 17.0. The number of rotatable bonds is 4. The van der Waals surface area contributed by atoms with Crippen molar-refractivity contribution in [2.75, 3.05) is 39.8 Å². The van der Waals surface area contributed by atoms with E-state index in [1.807, 2.05) is 20.8 Å². The second kappa shape index (κ2) is 7.99. The maximum Gasteiger partial charge on any atom is 0.408 e. The first-order chi connectivity index (χ1) is 11.2. The number of hydrogen-bond donors (Lipinski definition) is 1. The molecule has 1 aromatic carbocycles. The van der Waals surface area contributed by atoms with E-state index in [0.717, 1.165) is 38.3 Å². The molecule has 0 spiro atoms. The summed E-state index contributed by atoms with van der Waals surface area (Å²) in [7, 11) is 2.15. The number of hydrogen-bond acceptors (Lipinski definition) is 4. The van der Waals surface area contributed by atoms with Crippen LogP contribution >= 0.6 is 0 Å². The highest BCUT2D eigenvalue weighted by atomic mass is 16.6. The molecule has 1 aliphatic rings. The van der Waals surface area contributed by atoms with Gasteiger partial charge in [0.05, 0.1) is 6.04 Å². The summed E-state index contributed by atoms with van der Waals surface area (Å²) in [5, 5.41) is 3.05. The van der Waals surface area contributed by atoms with Crippen molar-refractivity contribution in [2.45, 2.75) is 39.3 Å². The first-order valence-electron chi connectivity index (χ1n) is 8.70. The number of carbonyl (C=O) groups is 1. The van der Waals surface area contributed by atoms with Crippen molar-refractivity contribution < 1.29 is 9.53 Å². The zero-order valence-electron chi connectivity index (χ0n) is 15.6. The van der Waals surface area contributed by atoms with E-state index >= 15 is 0 Å². The predicted molar refractivity (Wildman–Crippen MR) is 97.2 cm³/mol. The van der Waals surface area contributed by atoms with E-state index in [9.17, 15) is 4.79 Å². The van der Waals surface area contributed by atoms with Crippen molar-refractivity contribution in [1.29, 1.82) is 0 Å². The van der Waals surface area contributed by atoms with Crippen LogP contribution in [0.15, 0.2) is 24.3 Å². The molecule has 1 N–H and O–H groups in total. The molecule has 24 heavy (non-hydrogen) atoms. The van der Waals surface area contributed by atoms with Crippen LogP contribution < -0.4 is 5.32 Å². The van der Waals surface area contributed by atoms with Crippen LogP contribution in [-0.2, 0) is 4.74 Å². The van der Waals surface area contributed by atoms with Crippen LogP contribution in [0.1, 0.15) is 37.9 Å². The summed E-state index contributed by atoms with van der Waals surface area (Å²) in [6.45, 7) is 12.7. The highest BCUT2D eigenvalue weighted by Gasteiger charge is 2.24. The number of nitrogens with zero attached hydrogens (tertiary/aromatic N) is 2. The minimum atomic E-state index is -0.490. The fourth-order valence-corrected chi connectivity index (χ4v) is 2.77. The molecule has 1 aromatic rings. The Morgan fingerprint density at radius 1 is 1.17 bits per heavy atom. The van der Waals surface area contributed by atoms with E-state index in [1.165, 1.54) is 5.56 Å². The number of carbonyl (C=O) groups excluding carboxylic acids is 1. The van der Waals surface area contributed by atoms with Crippen LogP contribution in [0.2, 0.25) is 0 Å². The largest absolute Gasteiger partial charge is 0.444 e. The third kappa shape index (κ3) is 6.13. The minimum absolute atomic E-state index is 0.0659. The van der Waals surface area contributed by atoms with Crippen LogP contribution in [-0.4, -0.2) is 61.3 Å². The summed E-state index contributed by atoms with van der Waals surface area (Å²) in [6, 6.07) is 8.29. The monoisotopic (exact) mass is 333 g/mol. The summed E-state index contributed by atoms with van der Waals surface area (Å²) in [5.41, 5.74) is 1.84. The highest BCUT2D eigenvalue weighted by Crippen LogP contribution is 2.18. The molecule has 1 amide bonds. The molecular formula is C19H31N3O2. The second-order valence-electron chi connectivity index (χ2n) is 7.71. The zero-order chi connectivity index (χ0) is 17.7. The Morgan fingerprint density at radius 2 is 1.75 bits per heavy atom. The van der Waals surface area contributed by atoms with Crippen molar-refractivity contribution in [2.24, 2.45) is 0 Å². The Hall–Kier alpha value is -1.59. The van der Waals surface area contributed by atoms with Crippen LogP contribution in [0.25, 0.3) is 0 Å². The van der Waals surface area contributed by atoms with Gasteiger partial charge in [-0.05, 0) is 40.3 Å². The van der Waals surface area contributed by atoms with Crippen molar-refractivity contribution in [1.82, 2.24) is 15.1 Å². The molecule has 1 saturated heterocycles. The van der Waals surface area contributed by atoms with Gasteiger partial charge in [-0.2, -0.15) is 0 Å². The summed E-state index contributed by atoms with van der Waals surface area (Å²) < 4.78 is 5.44. The maximum atomic E-state index is 12.2. The Labute approximate surface area is 146 Å². The predicted octanol–water partition coefficient (Wildman–Crippen LogP) is 2.81. The van der Waals surface area contributed by atoms with E-state index in [4.69, 9.17) is 4.74 Å². The van der Waals surface area contributed by atoms with Gasteiger partial charge in [-0.15, -0.1) is 0 Å². The number of nitrogens with one attached hydrogen (secondary N) is 1. The standard InChI is InChI=1S/C19H31N3O2/c1-15-6-8-16(9-7-15)17(20-18(23)24-19(2,3)4)14-22-12-10-21(5)11-13-22/h6-9,17H,10-14H2,1-5H3,(H,20,23)/t17-/m0/s1. The van der Waals surface area contributed by atoms with Crippen molar-refractivity contribution in [3.8, 4) is 0 Å². The Bertz CT molecular complexity index is 529. The molecule has 5 nitrogen and oxygen atoms in total. The van der Waals surface area contributed by atoms with Crippen LogP contribution in [0.4, 0.5) is 4.79 Å². The number of likely N-dealkylation sites (N-methyl/N-ethyl adjacent to an activating group) is 1. The molecule has 1 fully saturated rings. The third-order valence-electron chi connectivity index (χ3n) is 4.21. The molecule has 0 aliphatic carbocycles. The number of amides is 1. The fourth-order valence-electron chi connectivity index (χ4n) is 2.77. The number of aryl methyl sites for hydroxylation is 1. The molecule has 1 atom stereocenters. The molecule has 0 unspecified atom stereocenters. The van der Waals surface area contributed by atoms with Crippen LogP contribution in [0.5, 0.6) is 0 Å². The molecule has 0 aromatic heterocycles. The van der Waals surface area contributed by atoms with Crippen LogP contribution in [0, 0.1) is 6.92 Å². The zero-order valence-corrected chi connectivity index (χ0v) is 15.6. The molecule has 2 rings (SSSR count). The van der Waals surface area contributed by atoms with Gasteiger partial charge >= 0.3 is 6.09 Å². The second-order valence-corrected chi connectivity index (χ2v) is 7.71. The minimum Gasteiger partial charge on any atom is -0.444 e. The highest BCUT2D eigenvalue weighted by molar-refractivity contribution is 5.68. The number of ether oxygens (including phenoxy) is 1. The van der Waals surface area contributed by atoms with Gasteiger partial charge in [-0.1, -0.05) is 29.8 Å². The molecule has 0 saturated carbocycles. The van der Waals surface area contributed by atoms with Gasteiger partial charge in [-0.25, -0.2) is 4.79 Å². The fraction of sp³-hybridized carbons (Fsp3) is 0.632. The van der Waals surface area contributed by atoms with E-state index in [2.05, 4.69) is 53.4 Å². The SMILES string of the molecule is Cc1ccc([C@H](CN2CCN(C)CC2)NC(=O)OC(C)(C)C)cc1. The summed E-state index contributed by atoms with van der Waals surface area (Å²) in [5.74, 6) is 0. The quantitative estimate of drug-likeness (QED) is 0.920. The molecule has 1 aliphatic heterocycles. The van der Waals surface area contributed by atoms with Gasteiger partial charge in [0.1, 0.15) is 5.60 Å². The van der Waals surface area contributed by atoms with Crippen LogP contribution in [0.3, 0.4) is 0 Å². The lowest BCUT2D eigenvalue weighted by atomic mass is 10.0. The van der Waals surface area contributed by atoms with E-state index in [1.54, 1.807) is 0 Å². The Balaban J connectivity index is 2.06. The van der Waals surface area contributed by atoms with Gasteiger partial charge in [0.15, 0.2) is 0 Å². The average Bonchev–Trinajstić information content (AvgIpc) is 2.48. The lowest BCUT2D eigenvalue weighted by molar-refractivity contribution is 0.0481. The number of benzene rings is 1. The first kappa shape index (κ1) is 18.7. The molecule has 0 radical (unpaired) electrons. The van der Waals surface area contributed by atoms with Crippen molar-refractivity contribution >= 4 is 6.09 Å². The van der Waals surface area contributed by atoms with Crippen molar-refractivity contribution in [3.05, 3.63) is 35.4 Å². The van der Waals surface area contributed by atoms with Gasteiger partial charge < -0.3 is 15.0 Å². The van der Waals surface area contributed by atoms with E-state index < -0.39 is 5.60 Å². The average molecular weight is 333 g/mol. The molecular weight excluding hydrogens is 302 g/mol. The summed E-state index contributed by atoms with van der Waals surface area (Å²) >= 11 is 0. The lowest BCUT2D eigenvalue weighted by Gasteiger charge is -2.35. The molecule has 5 heteroatoms. The lowest BCUT2D eigenvalue weighted by Crippen LogP contribution is -2.48. The van der Waals surface area contributed by atoms with Gasteiger partial charge in [0, 0.05) is 32.7 Å². The maximum absolute atomic E-state index is 12.2. The van der Waals surface area contributed by atoms with Gasteiger partial charge in [0.25, 0.3) is 0 Å².